The van der Waals surface area contributed by atoms with Crippen LogP contribution in [0.3, 0.4) is 0 Å². The van der Waals surface area contributed by atoms with Crippen LogP contribution < -0.4 is 15.4 Å². The number of hydrogen-bond acceptors (Lipinski definition) is 5. The van der Waals surface area contributed by atoms with Crippen molar-refractivity contribution in [3.63, 3.8) is 0 Å². The zero-order valence-corrected chi connectivity index (χ0v) is 17.6. The van der Waals surface area contributed by atoms with Gasteiger partial charge in [0.25, 0.3) is 5.91 Å². The van der Waals surface area contributed by atoms with Gasteiger partial charge in [0, 0.05) is 0 Å². The van der Waals surface area contributed by atoms with E-state index in [4.69, 9.17) is 4.74 Å². The highest BCUT2D eigenvalue weighted by atomic mass is 35.5. The molecule has 7 nitrogen and oxygen atoms in total. The molecule has 8 heteroatoms. The Labute approximate surface area is 182 Å². The first kappa shape index (κ1) is 21.8. The van der Waals surface area contributed by atoms with E-state index >= 15 is 0 Å². The Morgan fingerprint density at radius 1 is 1.13 bits per heavy atom. The van der Waals surface area contributed by atoms with Crippen LogP contribution in [0.4, 0.5) is 5.69 Å². The minimum atomic E-state index is -0.298. The number of anilines is 1. The summed E-state index contributed by atoms with van der Waals surface area (Å²) in [6, 6.07) is 17.7. The summed E-state index contributed by atoms with van der Waals surface area (Å²) in [6.07, 6.45) is 3.55. The number of amides is 1. The number of piperidine rings is 1. The van der Waals surface area contributed by atoms with Crippen LogP contribution in [0.2, 0.25) is 0 Å². The number of nitrogens with one attached hydrogen (secondary N) is 2. The standard InChI is InChI=1S/C22H25N5O2.ClH/c1-16(17-7-3-2-4-8-17)29-21-10-6-5-9-19(21)24-22(28)20-15-27(26-25-20)18-11-13-23-14-12-18;/h2-10,15-16,18,23H,11-14H2,1H3,(H,24,28);1H. The normalized spacial score (nSPS) is 15.1. The molecule has 1 fully saturated rings. The van der Waals surface area contributed by atoms with Crippen LogP contribution in [0.15, 0.2) is 60.8 Å². The van der Waals surface area contributed by atoms with E-state index < -0.39 is 0 Å². The van der Waals surface area contributed by atoms with Crippen molar-refractivity contribution in [2.75, 3.05) is 18.4 Å². The molecule has 3 aromatic rings. The molecule has 1 saturated heterocycles. The molecule has 0 aliphatic carbocycles. The van der Waals surface area contributed by atoms with E-state index in [1.807, 2.05) is 61.5 Å². The van der Waals surface area contributed by atoms with Gasteiger partial charge in [0.15, 0.2) is 5.69 Å². The highest BCUT2D eigenvalue weighted by Gasteiger charge is 2.20. The van der Waals surface area contributed by atoms with Gasteiger partial charge in [-0.3, -0.25) is 4.79 Å². The van der Waals surface area contributed by atoms with Crippen molar-refractivity contribution in [1.82, 2.24) is 20.3 Å². The average molecular weight is 428 g/mol. The van der Waals surface area contributed by atoms with Crippen molar-refractivity contribution in [2.24, 2.45) is 0 Å². The Kier molecular flexibility index (Phi) is 7.43. The monoisotopic (exact) mass is 427 g/mol. The lowest BCUT2D eigenvalue weighted by molar-refractivity contribution is 0.102. The molecule has 1 aliphatic heterocycles. The summed E-state index contributed by atoms with van der Waals surface area (Å²) in [5, 5.41) is 14.5. The largest absolute Gasteiger partial charge is 0.484 e. The second kappa shape index (κ2) is 10.2. The molecular weight excluding hydrogens is 402 g/mol. The van der Waals surface area contributed by atoms with Crippen LogP contribution in [0, 0.1) is 0 Å². The van der Waals surface area contributed by atoms with Gasteiger partial charge in [-0.15, -0.1) is 17.5 Å². The van der Waals surface area contributed by atoms with Crippen LogP contribution in [-0.2, 0) is 0 Å². The smallest absolute Gasteiger partial charge is 0.277 e. The summed E-state index contributed by atoms with van der Waals surface area (Å²) >= 11 is 0. The van der Waals surface area contributed by atoms with Crippen LogP contribution in [0.25, 0.3) is 0 Å². The number of nitrogens with zero attached hydrogens (tertiary/aromatic N) is 3. The summed E-state index contributed by atoms with van der Waals surface area (Å²) < 4.78 is 7.91. The highest BCUT2D eigenvalue weighted by molar-refractivity contribution is 6.03. The first-order valence-electron chi connectivity index (χ1n) is 9.95. The fourth-order valence-electron chi connectivity index (χ4n) is 3.47. The third kappa shape index (κ3) is 5.17. The number of carbonyl (C=O) groups excluding carboxylic acids is 1. The zero-order valence-electron chi connectivity index (χ0n) is 16.8. The van der Waals surface area contributed by atoms with E-state index in [1.165, 1.54) is 0 Å². The number of ether oxygens (including phenoxy) is 1. The fourth-order valence-corrected chi connectivity index (χ4v) is 3.47. The molecule has 1 aliphatic rings. The lowest BCUT2D eigenvalue weighted by atomic mass is 10.1. The van der Waals surface area contributed by atoms with Crippen molar-refractivity contribution < 1.29 is 9.53 Å². The summed E-state index contributed by atoms with van der Waals surface area (Å²) in [7, 11) is 0. The molecule has 2 heterocycles. The molecule has 4 rings (SSSR count). The Morgan fingerprint density at radius 3 is 2.60 bits per heavy atom. The first-order valence-corrected chi connectivity index (χ1v) is 9.95. The van der Waals surface area contributed by atoms with Crippen LogP contribution >= 0.6 is 12.4 Å². The van der Waals surface area contributed by atoms with Gasteiger partial charge in [-0.1, -0.05) is 47.7 Å². The van der Waals surface area contributed by atoms with Crippen LogP contribution in [-0.4, -0.2) is 34.0 Å². The first-order chi connectivity index (χ1) is 14.2. The van der Waals surface area contributed by atoms with Gasteiger partial charge in [0.05, 0.1) is 17.9 Å². The van der Waals surface area contributed by atoms with Crippen LogP contribution in [0.5, 0.6) is 5.75 Å². The molecule has 1 unspecified atom stereocenters. The lowest BCUT2D eigenvalue weighted by Crippen LogP contribution is -2.29. The quantitative estimate of drug-likeness (QED) is 0.621. The van der Waals surface area contributed by atoms with Gasteiger partial charge in [-0.05, 0) is 50.6 Å². The molecule has 1 amide bonds. The van der Waals surface area contributed by atoms with Gasteiger partial charge in [-0.25, -0.2) is 4.68 Å². The second-order valence-corrected chi connectivity index (χ2v) is 7.19. The Morgan fingerprint density at radius 2 is 1.83 bits per heavy atom. The number of carbonyl (C=O) groups is 1. The maximum atomic E-state index is 12.7. The third-order valence-corrected chi connectivity index (χ3v) is 5.13. The molecule has 2 N–H and O–H groups in total. The van der Waals surface area contributed by atoms with Gasteiger partial charge in [0.2, 0.25) is 0 Å². The Hall–Kier alpha value is -2.90. The SMILES string of the molecule is CC(Oc1ccccc1NC(=O)c1cn(C2CCNCC2)nn1)c1ccccc1.Cl. The van der Waals surface area contributed by atoms with Crippen LogP contribution in [0.1, 0.15) is 48.0 Å². The van der Waals surface area contributed by atoms with E-state index in [-0.39, 0.29) is 30.5 Å². The van der Waals surface area contributed by atoms with E-state index in [2.05, 4.69) is 20.9 Å². The summed E-state index contributed by atoms with van der Waals surface area (Å²) in [5.74, 6) is 0.316. The average Bonchev–Trinajstić information content (AvgIpc) is 3.27. The molecule has 2 aromatic carbocycles. The fraction of sp³-hybridized carbons (Fsp3) is 0.318. The van der Waals surface area contributed by atoms with E-state index in [0.29, 0.717) is 17.1 Å². The molecule has 0 spiro atoms. The maximum Gasteiger partial charge on any atom is 0.277 e. The number of aromatic nitrogens is 3. The molecule has 0 radical (unpaired) electrons. The van der Waals surface area contributed by atoms with Gasteiger partial charge < -0.3 is 15.4 Å². The van der Waals surface area contributed by atoms with Crippen molar-refractivity contribution in [1.29, 1.82) is 0 Å². The van der Waals surface area contributed by atoms with Crippen molar-refractivity contribution in [2.45, 2.75) is 31.9 Å². The number of halogens is 1. The molecule has 30 heavy (non-hydrogen) atoms. The molecule has 0 saturated carbocycles. The predicted octanol–water partition coefficient (Wildman–Crippen LogP) is 4.02. The number of benzene rings is 2. The minimum Gasteiger partial charge on any atom is -0.484 e. The molecular formula is C22H26ClN5O2. The van der Waals surface area contributed by atoms with Gasteiger partial charge in [0.1, 0.15) is 11.9 Å². The summed E-state index contributed by atoms with van der Waals surface area (Å²) in [4.78, 5) is 12.7. The summed E-state index contributed by atoms with van der Waals surface area (Å²) in [5.41, 5.74) is 1.98. The number of rotatable bonds is 6. The Bertz CT molecular complexity index is 957. The predicted molar refractivity (Wildman–Crippen MR) is 118 cm³/mol. The minimum absolute atomic E-state index is 0. The lowest BCUT2D eigenvalue weighted by Gasteiger charge is -2.22. The number of hydrogen-bond donors (Lipinski definition) is 2. The Balaban J connectivity index is 0.00000256. The zero-order chi connectivity index (χ0) is 20.1. The van der Waals surface area contributed by atoms with E-state index in [0.717, 1.165) is 31.5 Å². The number of para-hydroxylation sites is 2. The molecule has 1 aromatic heterocycles. The van der Waals surface area contributed by atoms with Crippen molar-refractivity contribution in [3.05, 3.63) is 72.1 Å². The molecule has 0 bridgehead atoms. The van der Waals surface area contributed by atoms with Gasteiger partial charge >= 0.3 is 0 Å². The van der Waals surface area contributed by atoms with Crippen molar-refractivity contribution in [3.8, 4) is 5.75 Å². The maximum absolute atomic E-state index is 12.7. The molecule has 158 valence electrons. The van der Waals surface area contributed by atoms with Gasteiger partial charge in [-0.2, -0.15) is 0 Å². The van der Waals surface area contributed by atoms with Crippen molar-refractivity contribution >= 4 is 24.0 Å². The highest BCUT2D eigenvalue weighted by Crippen LogP contribution is 2.29. The second-order valence-electron chi connectivity index (χ2n) is 7.19. The molecule has 1 atom stereocenters. The topological polar surface area (TPSA) is 81.1 Å². The van der Waals surface area contributed by atoms with E-state index in [1.54, 1.807) is 10.9 Å². The van der Waals surface area contributed by atoms with E-state index in [9.17, 15) is 4.79 Å². The third-order valence-electron chi connectivity index (χ3n) is 5.13. The summed E-state index contributed by atoms with van der Waals surface area (Å²) in [6.45, 7) is 3.89.